The van der Waals surface area contributed by atoms with Gasteiger partial charge in [0.2, 0.25) is 0 Å². The maximum atomic E-state index is 13.8. The second-order valence-electron chi connectivity index (χ2n) is 6.73. The fraction of sp³-hybridized carbons (Fsp3) is 0.273. The Labute approximate surface area is 156 Å². The lowest BCUT2D eigenvalue weighted by atomic mass is 10.0. The number of aromatic nitrogens is 1. The molecule has 0 bridgehead atoms. The van der Waals surface area contributed by atoms with Crippen molar-refractivity contribution in [3.05, 3.63) is 70.1 Å². The van der Waals surface area contributed by atoms with Crippen LogP contribution in [0.15, 0.2) is 53.3 Å². The first-order valence-corrected chi connectivity index (χ1v) is 9.11. The highest BCUT2D eigenvalue weighted by Crippen LogP contribution is 2.26. The third-order valence-electron chi connectivity index (χ3n) is 5.07. The third kappa shape index (κ3) is 3.77. The fourth-order valence-corrected chi connectivity index (χ4v) is 3.40. The number of benzene rings is 2. The van der Waals surface area contributed by atoms with Gasteiger partial charge in [-0.25, -0.2) is 9.18 Å². The average molecular weight is 367 g/mol. The third-order valence-corrected chi connectivity index (χ3v) is 5.07. The first-order chi connectivity index (χ1) is 12.9. The molecule has 0 atom stereocenters. The molecule has 0 saturated heterocycles. The molecule has 5 heteroatoms. The van der Waals surface area contributed by atoms with Crippen LogP contribution >= 0.6 is 0 Å². The summed E-state index contributed by atoms with van der Waals surface area (Å²) in [6.45, 7) is 4.90. The van der Waals surface area contributed by atoms with Crippen LogP contribution in [0.25, 0.3) is 22.2 Å². The van der Waals surface area contributed by atoms with E-state index < -0.39 is 5.97 Å². The summed E-state index contributed by atoms with van der Waals surface area (Å²) < 4.78 is 15.8. The summed E-state index contributed by atoms with van der Waals surface area (Å²) in [5.41, 5.74) is 1.74. The highest BCUT2D eigenvalue weighted by Gasteiger charge is 2.16. The summed E-state index contributed by atoms with van der Waals surface area (Å²) in [6, 6.07) is 12.2. The van der Waals surface area contributed by atoms with E-state index in [0.717, 1.165) is 12.8 Å². The molecule has 0 unspecified atom stereocenters. The lowest BCUT2D eigenvalue weighted by Gasteiger charge is -2.22. The molecule has 0 radical (unpaired) electrons. The minimum Gasteiger partial charge on any atom is -0.478 e. The molecule has 3 rings (SSSR count). The number of pyridine rings is 1. The Balaban J connectivity index is 2.32. The van der Waals surface area contributed by atoms with Crippen LogP contribution < -0.4 is 5.43 Å². The van der Waals surface area contributed by atoms with Crippen molar-refractivity contribution in [2.24, 2.45) is 5.92 Å². The zero-order valence-electron chi connectivity index (χ0n) is 15.4. The van der Waals surface area contributed by atoms with Gasteiger partial charge in [-0.05, 0) is 36.2 Å². The van der Waals surface area contributed by atoms with E-state index in [1.807, 2.05) is 4.57 Å². The van der Waals surface area contributed by atoms with Gasteiger partial charge in [0.05, 0.1) is 16.8 Å². The van der Waals surface area contributed by atoms with E-state index in [0.29, 0.717) is 34.6 Å². The quantitative estimate of drug-likeness (QED) is 0.671. The summed E-state index contributed by atoms with van der Waals surface area (Å²) in [6.07, 6.45) is 1.94. The number of halogens is 1. The number of carboxylic acid groups (broad SMARTS) is 1. The highest BCUT2D eigenvalue weighted by molar-refractivity contribution is 5.94. The first kappa shape index (κ1) is 18.8. The van der Waals surface area contributed by atoms with Crippen LogP contribution in [0.1, 0.15) is 37.0 Å². The molecule has 1 aromatic heterocycles. The summed E-state index contributed by atoms with van der Waals surface area (Å²) in [5.74, 6) is -1.05. The van der Waals surface area contributed by atoms with Crippen molar-refractivity contribution in [2.75, 3.05) is 0 Å². The number of hydrogen-bond acceptors (Lipinski definition) is 2. The molecule has 0 aliphatic carbocycles. The lowest BCUT2D eigenvalue weighted by Crippen LogP contribution is -2.17. The molecule has 140 valence electrons. The topological polar surface area (TPSA) is 59.3 Å². The highest BCUT2D eigenvalue weighted by atomic mass is 19.1. The Kier molecular flexibility index (Phi) is 5.40. The molecule has 0 amide bonds. The number of hydrogen-bond donors (Lipinski definition) is 1. The van der Waals surface area contributed by atoms with Crippen LogP contribution in [0.3, 0.4) is 0 Å². The maximum Gasteiger partial charge on any atom is 0.335 e. The number of rotatable bonds is 6. The van der Waals surface area contributed by atoms with Gasteiger partial charge >= 0.3 is 5.97 Å². The van der Waals surface area contributed by atoms with Gasteiger partial charge in [0, 0.05) is 23.6 Å². The number of carbonyl (C=O) groups is 1. The van der Waals surface area contributed by atoms with Crippen molar-refractivity contribution in [3.63, 3.8) is 0 Å². The molecule has 27 heavy (non-hydrogen) atoms. The van der Waals surface area contributed by atoms with Crippen molar-refractivity contribution in [2.45, 2.75) is 33.2 Å². The van der Waals surface area contributed by atoms with Gasteiger partial charge in [-0.1, -0.05) is 38.8 Å². The van der Waals surface area contributed by atoms with Crippen LogP contribution in [0.4, 0.5) is 4.39 Å². The Morgan fingerprint density at radius 3 is 2.48 bits per heavy atom. The zero-order chi connectivity index (χ0) is 19.6. The molecule has 0 aliphatic rings. The van der Waals surface area contributed by atoms with Crippen molar-refractivity contribution >= 4 is 16.9 Å². The van der Waals surface area contributed by atoms with Gasteiger partial charge in [-0.3, -0.25) is 4.79 Å². The summed E-state index contributed by atoms with van der Waals surface area (Å²) in [4.78, 5) is 24.0. The van der Waals surface area contributed by atoms with E-state index in [9.17, 15) is 19.1 Å². The summed E-state index contributed by atoms with van der Waals surface area (Å²) >= 11 is 0. The molecule has 1 N–H and O–H groups in total. The largest absolute Gasteiger partial charge is 0.478 e. The van der Waals surface area contributed by atoms with E-state index in [-0.39, 0.29) is 16.8 Å². The van der Waals surface area contributed by atoms with Crippen LogP contribution in [0.2, 0.25) is 0 Å². The van der Waals surface area contributed by atoms with Crippen molar-refractivity contribution in [1.29, 1.82) is 0 Å². The number of fused-ring (bicyclic) bond motifs is 1. The Hall–Kier alpha value is -2.95. The Morgan fingerprint density at radius 2 is 1.85 bits per heavy atom. The molecule has 0 spiro atoms. The van der Waals surface area contributed by atoms with Gasteiger partial charge < -0.3 is 9.67 Å². The van der Waals surface area contributed by atoms with Crippen molar-refractivity contribution in [1.82, 2.24) is 4.57 Å². The molecule has 0 saturated carbocycles. The number of nitrogens with zero attached hydrogens (tertiary/aromatic N) is 1. The molecular weight excluding hydrogens is 345 g/mol. The second-order valence-corrected chi connectivity index (χ2v) is 6.73. The SMILES string of the molecule is CCC(CC)Cn1c(-c2cccc(F)c2)cc(=O)c2cc(C(=O)O)ccc21. The molecule has 2 aromatic carbocycles. The monoisotopic (exact) mass is 367 g/mol. The second kappa shape index (κ2) is 7.74. The van der Waals surface area contributed by atoms with E-state index >= 15 is 0 Å². The Bertz CT molecular complexity index is 1050. The molecule has 4 nitrogen and oxygen atoms in total. The first-order valence-electron chi connectivity index (χ1n) is 9.11. The predicted molar refractivity (Wildman–Crippen MR) is 105 cm³/mol. The van der Waals surface area contributed by atoms with Crippen LogP contribution in [-0.2, 0) is 6.54 Å². The van der Waals surface area contributed by atoms with Gasteiger partial charge in [-0.2, -0.15) is 0 Å². The molecular formula is C22H22FNO3. The van der Waals surface area contributed by atoms with Crippen LogP contribution in [0.5, 0.6) is 0 Å². The molecule has 0 aliphatic heterocycles. The molecule has 1 heterocycles. The lowest BCUT2D eigenvalue weighted by molar-refractivity contribution is 0.0697. The summed E-state index contributed by atoms with van der Waals surface area (Å²) in [7, 11) is 0. The van der Waals surface area contributed by atoms with Crippen molar-refractivity contribution in [3.8, 4) is 11.3 Å². The fourth-order valence-electron chi connectivity index (χ4n) is 3.40. The smallest absolute Gasteiger partial charge is 0.335 e. The average Bonchev–Trinajstić information content (AvgIpc) is 2.67. The van der Waals surface area contributed by atoms with Gasteiger partial charge in [0.1, 0.15) is 5.82 Å². The van der Waals surface area contributed by atoms with Crippen molar-refractivity contribution < 1.29 is 14.3 Å². The minimum atomic E-state index is -1.07. The van der Waals surface area contributed by atoms with E-state index in [1.165, 1.54) is 30.3 Å². The standard InChI is InChI=1S/C22H22FNO3/c1-3-14(4-2)13-24-19-9-8-16(22(26)27)11-18(19)21(25)12-20(24)15-6-5-7-17(23)10-15/h5-12,14H,3-4,13H2,1-2H3,(H,26,27). The maximum absolute atomic E-state index is 13.8. The van der Waals surface area contributed by atoms with E-state index in [4.69, 9.17) is 0 Å². The van der Waals surface area contributed by atoms with Gasteiger partial charge in [0.25, 0.3) is 0 Å². The summed E-state index contributed by atoms with van der Waals surface area (Å²) in [5, 5.41) is 9.60. The van der Waals surface area contributed by atoms with E-state index in [2.05, 4.69) is 13.8 Å². The Morgan fingerprint density at radius 1 is 1.11 bits per heavy atom. The van der Waals surface area contributed by atoms with Gasteiger partial charge in [0.15, 0.2) is 5.43 Å². The van der Waals surface area contributed by atoms with Gasteiger partial charge in [-0.15, -0.1) is 0 Å². The van der Waals surface area contributed by atoms with Crippen LogP contribution in [-0.4, -0.2) is 15.6 Å². The zero-order valence-corrected chi connectivity index (χ0v) is 15.4. The molecule has 0 fully saturated rings. The number of carboxylic acids is 1. The number of aromatic carboxylic acids is 1. The van der Waals surface area contributed by atoms with Crippen LogP contribution in [0, 0.1) is 11.7 Å². The predicted octanol–water partition coefficient (Wildman–Crippen LogP) is 4.94. The molecule has 3 aromatic rings. The normalized spacial score (nSPS) is 11.3. The van der Waals surface area contributed by atoms with E-state index in [1.54, 1.807) is 18.2 Å². The minimum absolute atomic E-state index is 0.0761.